The lowest BCUT2D eigenvalue weighted by Gasteiger charge is -2.36. The van der Waals surface area contributed by atoms with Crippen LogP contribution in [0.3, 0.4) is 0 Å². The van der Waals surface area contributed by atoms with Gasteiger partial charge in [0.15, 0.2) is 10.6 Å². The predicted molar refractivity (Wildman–Crippen MR) is 155 cm³/mol. The second-order valence-corrected chi connectivity index (χ2v) is 11.8. The van der Waals surface area contributed by atoms with Gasteiger partial charge in [-0.1, -0.05) is 60.3 Å². The van der Waals surface area contributed by atoms with Crippen LogP contribution in [0.25, 0.3) is 10.2 Å². The SMILES string of the molecule is O=C(O)CCCC(=O)Nc1cccc([C@H]2OC(c3ccc(CO)cc3)C[C@@H](CSc3nc4ccccc4s3)O2)c1. The first-order valence-electron chi connectivity index (χ1n) is 13.1. The third-order valence-corrected chi connectivity index (χ3v) is 8.83. The number of nitrogens with one attached hydrogen (secondary N) is 1. The predicted octanol–water partition coefficient (Wildman–Crippen LogP) is 6.32. The summed E-state index contributed by atoms with van der Waals surface area (Å²) in [4.78, 5) is 27.8. The number of nitrogens with zero attached hydrogens (tertiary/aromatic N) is 1. The van der Waals surface area contributed by atoms with Gasteiger partial charge in [-0.15, -0.1) is 11.3 Å². The number of ether oxygens (including phenoxy) is 2. The van der Waals surface area contributed by atoms with Crippen molar-refractivity contribution in [2.24, 2.45) is 0 Å². The van der Waals surface area contributed by atoms with Gasteiger partial charge in [0.2, 0.25) is 5.91 Å². The molecule has 0 radical (unpaired) electrons. The molecule has 1 unspecified atom stereocenters. The number of fused-ring (bicyclic) bond motifs is 1. The number of aromatic nitrogens is 1. The summed E-state index contributed by atoms with van der Waals surface area (Å²) in [5.41, 5.74) is 4.20. The number of carbonyl (C=O) groups is 2. The van der Waals surface area contributed by atoms with Gasteiger partial charge in [0, 0.05) is 36.3 Å². The molecule has 8 nitrogen and oxygen atoms in total. The van der Waals surface area contributed by atoms with Crippen molar-refractivity contribution in [3.05, 3.63) is 89.5 Å². The largest absolute Gasteiger partial charge is 0.481 e. The average molecular weight is 579 g/mol. The number of aliphatic carboxylic acids is 1. The summed E-state index contributed by atoms with van der Waals surface area (Å²) < 4.78 is 15.0. The number of carboxylic acid groups (broad SMARTS) is 1. The van der Waals surface area contributed by atoms with E-state index in [0.717, 1.165) is 31.2 Å². The molecule has 3 N–H and O–H groups in total. The number of hydrogen-bond donors (Lipinski definition) is 3. The zero-order valence-corrected chi connectivity index (χ0v) is 23.3. The molecule has 0 aliphatic carbocycles. The van der Waals surface area contributed by atoms with Crippen LogP contribution >= 0.6 is 23.1 Å². The van der Waals surface area contributed by atoms with Gasteiger partial charge in [-0.2, -0.15) is 0 Å². The van der Waals surface area contributed by atoms with E-state index in [-0.39, 0.29) is 44.0 Å². The summed E-state index contributed by atoms with van der Waals surface area (Å²) >= 11 is 3.34. The number of thioether (sulfide) groups is 1. The van der Waals surface area contributed by atoms with Crippen LogP contribution in [0.2, 0.25) is 0 Å². The molecule has 1 aromatic heterocycles. The van der Waals surface area contributed by atoms with Crippen molar-refractivity contribution in [3.63, 3.8) is 0 Å². The number of aliphatic hydroxyl groups is 1. The lowest BCUT2D eigenvalue weighted by Crippen LogP contribution is -2.31. The van der Waals surface area contributed by atoms with Crippen LogP contribution in [0.1, 0.15) is 54.8 Å². The summed E-state index contributed by atoms with van der Waals surface area (Å²) in [5, 5.41) is 21.1. The average Bonchev–Trinajstić information content (AvgIpc) is 3.39. The third-order valence-electron chi connectivity index (χ3n) is 6.52. The molecule has 208 valence electrons. The highest BCUT2D eigenvalue weighted by atomic mass is 32.2. The van der Waals surface area contributed by atoms with Crippen LogP contribution in [0.4, 0.5) is 5.69 Å². The van der Waals surface area contributed by atoms with Crippen LogP contribution in [-0.2, 0) is 25.7 Å². The Morgan fingerprint density at radius 1 is 1.00 bits per heavy atom. The maximum atomic E-state index is 12.3. The van der Waals surface area contributed by atoms with Crippen LogP contribution in [-0.4, -0.2) is 38.9 Å². The first-order valence-corrected chi connectivity index (χ1v) is 14.9. The molecule has 4 aromatic rings. The molecule has 1 aliphatic heterocycles. The second-order valence-electron chi connectivity index (χ2n) is 9.53. The molecule has 3 atom stereocenters. The maximum absolute atomic E-state index is 12.3. The fourth-order valence-electron chi connectivity index (χ4n) is 4.49. The Hall–Kier alpha value is -3.28. The van der Waals surface area contributed by atoms with Gasteiger partial charge in [-0.05, 0) is 41.8 Å². The monoisotopic (exact) mass is 578 g/mol. The van der Waals surface area contributed by atoms with E-state index in [1.165, 1.54) is 0 Å². The molecule has 5 rings (SSSR count). The Kier molecular flexibility index (Phi) is 9.45. The maximum Gasteiger partial charge on any atom is 0.303 e. The van der Waals surface area contributed by atoms with Crippen molar-refractivity contribution in [2.45, 2.75) is 55.1 Å². The fourth-order valence-corrected chi connectivity index (χ4v) is 6.60. The minimum Gasteiger partial charge on any atom is -0.481 e. The van der Waals surface area contributed by atoms with Gasteiger partial charge in [-0.25, -0.2) is 4.98 Å². The number of benzene rings is 3. The van der Waals surface area contributed by atoms with Gasteiger partial charge in [0.05, 0.1) is 29.0 Å². The number of amides is 1. The molecular formula is C30H30N2O6S2. The molecule has 10 heteroatoms. The minimum absolute atomic E-state index is 0.0200. The molecule has 3 aromatic carbocycles. The number of carbonyl (C=O) groups excluding carboxylic acids is 1. The van der Waals surface area contributed by atoms with E-state index in [1.54, 1.807) is 29.2 Å². The van der Waals surface area contributed by atoms with Crippen molar-refractivity contribution >= 4 is 50.9 Å². The summed E-state index contributed by atoms with van der Waals surface area (Å²) in [6.45, 7) is -0.0200. The summed E-state index contributed by atoms with van der Waals surface area (Å²) in [6.07, 6.45) is 0.0290. The molecule has 40 heavy (non-hydrogen) atoms. The Morgan fingerprint density at radius 2 is 1.82 bits per heavy atom. The Bertz CT molecular complexity index is 1430. The van der Waals surface area contributed by atoms with Crippen LogP contribution in [0.5, 0.6) is 0 Å². The summed E-state index contributed by atoms with van der Waals surface area (Å²) in [7, 11) is 0. The molecule has 1 amide bonds. The minimum atomic E-state index is -0.919. The standard InChI is InChI=1S/C30H30N2O6S2/c33-17-19-11-13-20(14-12-19)25-16-23(18-39-30-32-24-7-1-2-8-26(24)40-30)37-29(38-25)21-5-3-6-22(15-21)31-27(34)9-4-10-28(35)36/h1-3,5-8,11-15,23,25,29,33H,4,9-10,16-18H2,(H,31,34)(H,35,36)/t23-,25?,29+/m0/s1. The van der Waals surface area contributed by atoms with Crippen molar-refractivity contribution in [1.82, 2.24) is 4.98 Å². The number of para-hydroxylation sites is 1. The van der Waals surface area contributed by atoms with Gasteiger partial charge in [0.1, 0.15) is 0 Å². The van der Waals surface area contributed by atoms with Crippen molar-refractivity contribution in [3.8, 4) is 0 Å². The van der Waals surface area contributed by atoms with E-state index in [1.807, 2.05) is 60.7 Å². The number of carboxylic acids is 1. The lowest BCUT2D eigenvalue weighted by molar-refractivity contribution is -0.245. The summed E-state index contributed by atoms with van der Waals surface area (Å²) in [5.74, 6) is -0.459. The number of aliphatic hydroxyl groups excluding tert-OH is 1. The zero-order chi connectivity index (χ0) is 27.9. The molecule has 1 aliphatic rings. The fraction of sp³-hybridized carbons (Fsp3) is 0.300. The number of hydrogen-bond acceptors (Lipinski definition) is 8. The highest BCUT2D eigenvalue weighted by molar-refractivity contribution is 8.01. The van der Waals surface area contributed by atoms with Gasteiger partial charge < -0.3 is 25.0 Å². The lowest BCUT2D eigenvalue weighted by atomic mass is 10.0. The first kappa shape index (κ1) is 28.3. The van der Waals surface area contributed by atoms with Crippen LogP contribution < -0.4 is 5.32 Å². The highest BCUT2D eigenvalue weighted by Gasteiger charge is 2.32. The quantitative estimate of drug-likeness (QED) is 0.177. The molecular weight excluding hydrogens is 548 g/mol. The molecule has 0 bridgehead atoms. The smallest absolute Gasteiger partial charge is 0.303 e. The topological polar surface area (TPSA) is 118 Å². The van der Waals surface area contributed by atoms with Gasteiger partial charge in [-0.3, -0.25) is 9.59 Å². The third kappa shape index (κ3) is 7.47. The molecule has 0 spiro atoms. The van der Waals surface area contributed by atoms with E-state index in [0.29, 0.717) is 17.9 Å². The van der Waals surface area contributed by atoms with Crippen molar-refractivity contribution in [1.29, 1.82) is 0 Å². The zero-order valence-electron chi connectivity index (χ0n) is 21.7. The van der Waals surface area contributed by atoms with E-state index in [2.05, 4.69) is 11.4 Å². The Balaban J connectivity index is 1.31. The van der Waals surface area contributed by atoms with E-state index in [4.69, 9.17) is 19.6 Å². The normalized spacial score (nSPS) is 19.0. The Labute approximate surface area is 240 Å². The van der Waals surface area contributed by atoms with Crippen molar-refractivity contribution in [2.75, 3.05) is 11.1 Å². The number of thiazole rings is 1. The molecule has 1 fully saturated rings. The van der Waals surface area contributed by atoms with E-state index in [9.17, 15) is 14.7 Å². The first-order chi connectivity index (χ1) is 19.5. The van der Waals surface area contributed by atoms with Gasteiger partial charge in [0.25, 0.3) is 0 Å². The van der Waals surface area contributed by atoms with E-state index >= 15 is 0 Å². The Morgan fingerprint density at radius 3 is 2.60 bits per heavy atom. The molecule has 1 saturated heterocycles. The number of anilines is 1. The summed E-state index contributed by atoms with van der Waals surface area (Å²) in [6, 6.07) is 23.2. The molecule has 0 saturated carbocycles. The van der Waals surface area contributed by atoms with Crippen molar-refractivity contribution < 1.29 is 29.3 Å². The van der Waals surface area contributed by atoms with Crippen LogP contribution in [0.15, 0.2) is 77.1 Å². The van der Waals surface area contributed by atoms with Gasteiger partial charge >= 0.3 is 5.97 Å². The second kappa shape index (κ2) is 13.4. The number of rotatable bonds is 11. The van der Waals surface area contributed by atoms with E-state index < -0.39 is 12.3 Å². The highest BCUT2D eigenvalue weighted by Crippen LogP contribution is 2.40. The molecule has 2 heterocycles. The van der Waals surface area contributed by atoms with Crippen LogP contribution in [0, 0.1) is 0 Å².